The minimum absolute atomic E-state index is 1.12. The zero-order chi connectivity index (χ0) is 15.5. The molecule has 2 saturated heterocycles. The zero-order valence-corrected chi connectivity index (χ0v) is 14.7. The molecule has 0 radical (unpaired) electrons. The van der Waals surface area contributed by atoms with Gasteiger partial charge in [-0.05, 0) is 75.1 Å². The van der Waals surface area contributed by atoms with Crippen molar-refractivity contribution in [2.24, 2.45) is 0 Å². The number of nitrogens with zero attached hydrogens (tertiary/aromatic N) is 2. The Kier molecular flexibility index (Phi) is 4.79. The third kappa shape index (κ3) is 3.85. The van der Waals surface area contributed by atoms with E-state index in [-0.39, 0.29) is 0 Å². The van der Waals surface area contributed by atoms with Gasteiger partial charge in [-0.2, -0.15) is 0 Å². The highest BCUT2D eigenvalue weighted by atomic mass is 32.1. The first-order valence-electron chi connectivity index (χ1n) is 8.99. The van der Waals surface area contributed by atoms with Gasteiger partial charge in [0.05, 0.1) is 0 Å². The lowest BCUT2D eigenvalue weighted by molar-refractivity contribution is 0.331. The van der Waals surface area contributed by atoms with Gasteiger partial charge in [-0.1, -0.05) is 24.3 Å². The van der Waals surface area contributed by atoms with Crippen molar-refractivity contribution in [3.63, 3.8) is 0 Å². The third-order valence-corrected chi connectivity index (χ3v) is 6.20. The molecule has 0 N–H and O–H groups in total. The number of thiophene rings is 1. The summed E-state index contributed by atoms with van der Waals surface area (Å²) in [6, 6.07) is 13.8. The van der Waals surface area contributed by atoms with Gasteiger partial charge in [0.1, 0.15) is 0 Å². The highest BCUT2D eigenvalue weighted by molar-refractivity contribution is 7.15. The SMILES string of the molecule is c1cc(-c2ccc(CN3CCCC3)s2)ccc1CN1CCCC1. The predicted octanol–water partition coefficient (Wildman–Crippen LogP) is 4.61. The zero-order valence-electron chi connectivity index (χ0n) is 13.8. The van der Waals surface area contributed by atoms with Gasteiger partial charge in [0, 0.05) is 22.8 Å². The Morgan fingerprint density at radius 1 is 0.696 bits per heavy atom. The van der Waals surface area contributed by atoms with Crippen LogP contribution in [0.15, 0.2) is 36.4 Å². The first-order valence-corrected chi connectivity index (χ1v) is 9.81. The van der Waals surface area contributed by atoms with Crippen LogP contribution in [0.5, 0.6) is 0 Å². The van der Waals surface area contributed by atoms with Crippen LogP contribution in [0.2, 0.25) is 0 Å². The molecule has 2 aliphatic rings. The van der Waals surface area contributed by atoms with E-state index in [2.05, 4.69) is 46.2 Å². The van der Waals surface area contributed by atoms with Crippen LogP contribution in [0.4, 0.5) is 0 Å². The summed E-state index contributed by atoms with van der Waals surface area (Å²) in [5.74, 6) is 0. The van der Waals surface area contributed by atoms with Crippen molar-refractivity contribution < 1.29 is 0 Å². The quantitative estimate of drug-likeness (QED) is 0.792. The molecule has 2 aliphatic heterocycles. The number of hydrogen-bond donors (Lipinski definition) is 0. The number of rotatable bonds is 5. The number of likely N-dealkylation sites (tertiary alicyclic amines) is 2. The molecule has 3 heterocycles. The normalized spacial score (nSPS) is 19.7. The molecule has 3 heteroatoms. The smallest absolute Gasteiger partial charge is 0.0346 e. The molecule has 0 bridgehead atoms. The van der Waals surface area contributed by atoms with E-state index in [9.17, 15) is 0 Å². The molecule has 0 aliphatic carbocycles. The molecule has 2 aromatic rings. The fraction of sp³-hybridized carbons (Fsp3) is 0.500. The second-order valence-electron chi connectivity index (χ2n) is 6.93. The van der Waals surface area contributed by atoms with Crippen molar-refractivity contribution in [1.29, 1.82) is 0 Å². The van der Waals surface area contributed by atoms with E-state index >= 15 is 0 Å². The summed E-state index contributed by atoms with van der Waals surface area (Å²) in [6.45, 7) is 7.35. The Labute approximate surface area is 143 Å². The van der Waals surface area contributed by atoms with Gasteiger partial charge in [0.25, 0.3) is 0 Å². The molecule has 2 nitrogen and oxygen atoms in total. The van der Waals surface area contributed by atoms with Crippen LogP contribution >= 0.6 is 11.3 Å². The maximum absolute atomic E-state index is 2.58. The van der Waals surface area contributed by atoms with Crippen molar-refractivity contribution in [1.82, 2.24) is 9.80 Å². The summed E-state index contributed by atoms with van der Waals surface area (Å²) in [6.07, 6.45) is 5.48. The average molecular weight is 327 g/mol. The summed E-state index contributed by atoms with van der Waals surface area (Å²) in [5, 5.41) is 0. The van der Waals surface area contributed by atoms with E-state index in [4.69, 9.17) is 0 Å². The molecule has 1 aromatic carbocycles. The molecule has 0 saturated carbocycles. The molecule has 23 heavy (non-hydrogen) atoms. The molecule has 1 aromatic heterocycles. The third-order valence-electron chi connectivity index (χ3n) is 5.08. The summed E-state index contributed by atoms with van der Waals surface area (Å²) < 4.78 is 0. The summed E-state index contributed by atoms with van der Waals surface area (Å²) in [5.41, 5.74) is 2.82. The van der Waals surface area contributed by atoms with Crippen molar-refractivity contribution in [2.45, 2.75) is 38.8 Å². The van der Waals surface area contributed by atoms with Crippen molar-refractivity contribution in [3.05, 3.63) is 46.8 Å². The van der Waals surface area contributed by atoms with Crippen LogP contribution < -0.4 is 0 Å². The molecule has 2 fully saturated rings. The van der Waals surface area contributed by atoms with Crippen LogP contribution in [0.1, 0.15) is 36.1 Å². The molecule has 0 unspecified atom stereocenters. The predicted molar refractivity (Wildman–Crippen MR) is 98.8 cm³/mol. The van der Waals surface area contributed by atoms with E-state index in [0.717, 1.165) is 13.1 Å². The van der Waals surface area contributed by atoms with Gasteiger partial charge in [-0.3, -0.25) is 9.80 Å². The van der Waals surface area contributed by atoms with E-state index in [0.29, 0.717) is 0 Å². The van der Waals surface area contributed by atoms with Crippen LogP contribution in [0.25, 0.3) is 10.4 Å². The topological polar surface area (TPSA) is 6.48 Å². The van der Waals surface area contributed by atoms with Crippen molar-refractivity contribution in [2.75, 3.05) is 26.2 Å². The minimum atomic E-state index is 1.12. The molecular formula is C20H26N2S. The van der Waals surface area contributed by atoms with Crippen molar-refractivity contribution in [3.8, 4) is 10.4 Å². The Bertz CT molecular complexity index is 619. The molecule has 0 amide bonds. The fourth-order valence-electron chi connectivity index (χ4n) is 3.75. The maximum Gasteiger partial charge on any atom is 0.0346 e. The first kappa shape index (κ1) is 15.4. The minimum Gasteiger partial charge on any atom is -0.299 e. The second-order valence-corrected chi connectivity index (χ2v) is 8.10. The van der Waals surface area contributed by atoms with Crippen LogP contribution in [-0.4, -0.2) is 36.0 Å². The van der Waals surface area contributed by atoms with Gasteiger partial charge < -0.3 is 0 Å². The van der Waals surface area contributed by atoms with E-state index in [1.807, 2.05) is 11.3 Å². The van der Waals surface area contributed by atoms with Gasteiger partial charge >= 0.3 is 0 Å². The molecular weight excluding hydrogens is 300 g/mol. The monoisotopic (exact) mass is 326 g/mol. The van der Waals surface area contributed by atoms with Crippen LogP contribution in [0, 0.1) is 0 Å². The van der Waals surface area contributed by atoms with Gasteiger partial charge in [-0.25, -0.2) is 0 Å². The standard InChI is InChI=1S/C20H26N2S/c1-2-12-21(11-1)15-17-5-7-18(8-6-17)20-10-9-19(23-20)16-22-13-3-4-14-22/h5-10H,1-4,11-16H2. The number of hydrogen-bond acceptors (Lipinski definition) is 3. The van der Waals surface area contributed by atoms with Crippen LogP contribution in [-0.2, 0) is 13.1 Å². The highest BCUT2D eigenvalue weighted by Crippen LogP contribution is 2.30. The highest BCUT2D eigenvalue weighted by Gasteiger charge is 2.14. The largest absolute Gasteiger partial charge is 0.299 e. The van der Waals surface area contributed by atoms with Crippen LogP contribution in [0.3, 0.4) is 0 Å². The van der Waals surface area contributed by atoms with Gasteiger partial charge in [-0.15, -0.1) is 11.3 Å². The second kappa shape index (κ2) is 7.16. The first-order chi connectivity index (χ1) is 11.4. The lowest BCUT2D eigenvalue weighted by atomic mass is 10.1. The summed E-state index contributed by atoms with van der Waals surface area (Å²) in [4.78, 5) is 8.05. The summed E-state index contributed by atoms with van der Waals surface area (Å²) >= 11 is 1.96. The average Bonchev–Trinajstić information content (AvgIpc) is 3.31. The van der Waals surface area contributed by atoms with E-state index in [1.54, 1.807) is 0 Å². The van der Waals surface area contributed by atoms with Gasteiger partial charge in [0.2, 0.25) is 0 Å². The maximum atomic E-state index is 2.58. The Balaban J connectivity index is 1.40. The number of benzene rings is 1. The lowest BCUT2D eigenvalue weighted by Gasteiger charge is -2.14. The van der Waals surface area contributed by atoms with E-state index in [1.165, 1.54) is 72.7 Å². The van der Waals surface area contributed by atoms with E-state index < -0.39 is 0 Å². The molecule has 4 rings (SSSR count). The molecule has 0 atom stereocenters. The molecule has 122 valence electrons. The Morgan fingerprint density at radius 3 is 1.96 bits per heavy atom. The Morgan fingerprint density at radius 2 is 1.30 bits per heavy atom. The van der Waals surface area contributed by atoms with Gasteiger partial charge in [0.15, 0.2) is 0 Å². The molecule has 0 spiro atoms. The lowest BCUT2D eigenvalue weighted by Crippen LogP contribution is -2.18. The van der Waals surface area contributed by atoms with Crippen molar-refractivity contribution >= 4 is 11.3 Å². The fourth-order valence-corrected chi connectivity index (χ4v) is 4.81. The summed E-state index contributed by atoms with van der Waals surface area (Å²) in [7, 11) is 0. The Hall–Kier alpha value is -1.16.